The fourth-order valence-corrected chi connectivity index (χ4v) is 9.89. The summed E-state index contributed by atoms with van der Waals surface area (Å²) in [4.78, 5) is 45.4. The maximum absolute atomic E-state index is 14.8. The van der Waals surface area contributed by atoms with Crippen LogP contribution in [0.4, 0.5) is 5.69 Å². The van der Waals surface area contributed by atoms with E-state index in [4.69, 9.17) is 24.2 Å². The monoisotopic (exact) mass is 897 g/mol. The molecule has 346 valence electrons. The number of hydrogen-bond acceptors (Lipinski definition) is 11. The number of nitro benzene ring substituents is 1. The van der Waals surface area contributed by atoms with Gasteiger partial charge in [0.05, 0.1) is 23.2 Å². The van der Waals surface area contributed by atoms with Crippen molar-refractivity contribution >= 4 is 29.7 Å². The van der Waals surface area contributed by atoms with Crippen molar-refractivity contribution in [3.05, 3.63) is 160 Å². The van der Waals surface area contributed by atoms with E-state index in [2.05, 4.69) is 12.7 Å². The van der Waals surface area contributed by atoms with Crippen LogP contribution in [0.15, 0.2) is 133 Å². The first-order valence-electron chi connectivity index (χ1n) is 22.9. The van der Waals surface area contributed by atoms with Gasteiger partial charge >= 0.3 is 0 Å². The summed E-state index contributed by atoms with van der Waals surface area (Å²) >= 11 is 0. The van der Waals surface area contributed by atoms with Crippen molar-refractivity contribution in [3.63, 3.8) is 0 Å². The number of nitrogens with zero attached hydrogens (tertiary/aromatic N) is 3. The van der Waals surface area contributed by atoms with Crippen molar-refractivity contribution in [1.82, 2.24) is 4.90 Å². The van der Waals surface area contributed by atoms with Gasteiger partial charge in [0.25, 0.3) is 5.69 Å². The van der Waals surface area contributed by atoms with Gasteiger partial charge in [-0.25, -0.2) is 0 Å². The Kier molecular flexibility index (Phi) is 16.3. The highest BCUT2D eigenvalue weighted by Crippen LogP contribution is 2.62. The molecule has 6 unspecified atom stereocenters. The largest absolute Gasteiger partial charge is 0.459 e. The SMILES string of the molecule is C=CCOC12Oc3ccc(Oc4cccc(C=O)c4)cc3C3C(CCCCO)C(CCCCO)C=C(C(=NOCc4ccccc4)CC1N(CCC)C(=O)C=Cc1ccc([N+](=O)[O-])cc1)C32. The molecule has 1 aliphatic heterocycles. The number of aliphatic hydroxyl groups excluding tert-OH is 2. The first kappa shape index (κ1) is 47.5. The van der Waals surface area contributed by atoms with E-state index in [1.807, 2.05) is 55.5 Å². The zero-order valence-electron chi connectivity index (χ0n) is 37.4. The maximum atomic E-state index is 14.8. The number of benzene rings is 4. The second-order valence-corrected chi connectivity index (χ2v) is 17.0. The third-order valence-electron chi connectivity index (χ3n) is 12.8. The molecule has 66 heavy (non-hydrogen) atoms. The number of oxime groups is 1. The highest BCUT2D eigenvalue weighted by Gasteiger charge is 2.65. The van der Waals surface area contributed by atoms with E-state index in [1.54, 1.807) is 53.5 Å². The van der Waals surface area contributed by atoms with Crippen molar-refractivity contribution in [1.29, 1.82) is 0 Å². The molecular formula is C53H59N3O10. The number of aliphatic hydroxyl groups is 2. The van der Waals surface area contributed by atoms with Crippen molar-refractivity contribution in [2.24, 2.45) is 22.9 Å². The van der Waals surface area contributed by atoms with Crippen molar-refractivity contribution in [2.75, 3.05) is 26.4 Å². The molecule has 2 aliphatic carbocycles. The van der Waals surface area contributed by atoms with Crippen LogP contribution in [-0.4, -0.2) is 76.1 Å². The molecule has 3 aliphatic rings. The number of carbonyl (C=O) groups excluding carboxylic acids is 2. The maximum Gasteiger partial charge on any atom is 0.269 e. The van der Waals surface area contributed by atoms with E-state index in [1.165, 1.54) is 18.2 Å². The molecule has 6 atom stereocenters. The Morgan fingerprint density at radius 1 is 0.955 bits per heavy atom. The van der Waals surface area contributed by atoms with Gasteiger partial charge in [0.15, 0.2) is 0 Å². The molecule has 2 N–H and O–H groups in total. The van der Waals surface area contributed by atoms with Crippen LogP contribution in [-0.2, 0) is 21.0 Å². The lowest BCUT2D eigenvalue weighted by Gasteiger charge is -2.60. The van der Waals surface area contributed by atoms with E-state index >= 15 is 0 Å². The predicted octanol–water partition coefficient (Wildman–Crippen LogP) is 9.99. The number of hydrogen-bond donors (Lipinski definition) is 2. The van der Waals surface area contributed by atoms with E-state index < -0.39 is 22.7 Å². The van der Waals surface area contributed by atoms with Crippen LogP contribution >= 0.6 is 0 Å². The normalized spacial score (nSPS) is 22.4. The zero-order valence-corrected chi connectivity index (χ0v) is 37.4. The quantitative estimate of drug-likeness (QED) is 0.0182. The number of nitro groups is 1. The van der Waals surface area contributed by atoms with Crippen LogP contribution < -0.4 is 9.47 Å². The first-order valence-corrected chi connectivity index (χ1v) is 22.9. The minimum atomic E-state index is -1.46. The molecule has 1 amide bonds. The molecule has 1 fully saturated rings. The summed E-state index contributed by atoms with van der Waals surface area (Å²) < 4.78 is 20.9. The summed E-state index contributed by atoms with van der Waals surface area (Å²) in [6.45, 7) is 6.84. The number of carbonyl (C=O) groups is 2. The van der Waals surface area contributed by atoms with Gasteiger partial charge in [0.1, 0.15) is 36.2 Å². The fraction of sp³-hybridized carbons (Fsp3) is 0.377. The molecule has 13 nitrogen and oxygen atoms in total. The minimum absolute atomic E-state index is 0.00501. The topological polar surface area (TPSA) is 170 Å². The van der Waals surface area contributed by atoms with Crippen LogP contribution in [0.25, 0.3) is 6.08 Å². The molecule has 13 heteroatoms. The second-order valence-electron chi connectivity index (χ2n) is 17.0. The van der Waals surface area contributed by atoms with Crippen LogP contribution in [0.2, 0.25) is 0 Å². The Labute approximate surface area is 386 Å². The van der Waals surface area contributed by atoms with Gasteiger partial charge in [-0.05, 0) is 109 Å². The molecule has 1 saturated carbocycles. The third kappa shape index (κ3) is 10.8. The van der Waals surface area contributed by atoms with Crippen molar-refractivity contribution < 1.29 is 43.8 Å². The molecule has 0 saturated heterocycles. The van der Waals surface area contributed by atoms with Gasteiger partial charge in [-0.15, -0.1) is 6.58 Å². The summed E-state index contributed by atoms with van der Waals surface area (Å²) in [5, 5.41) is 36.2. The van der Waals surface area contributed by atoms with Gasteiger partial charge in [-0.1, -0.05) is 79.5 Å². The number of ether oxygens (including phenoxy) is 3. The summed E-state index contributed by atoms with van der Waals surface area (Å²) in [6, 6.07) is 27.8. The van der Waals surface area contributed by atoms with Gasteiger partial charge in [-0.3, -0.25) is 19.7 Å². The molecule has 4 aromatic carbocycles. The van der Waals surface area contributed by atoms with Crippen molar-refractivity contribution in [3.8, 4) is 17.2 Å². The Morgan fingerprint density at radius 2 is 1.71 bits per heavy atom. The molecule has 0 aromatic heterocycles. The molecular weight excluding hydrogens is 839 g/mol. The Balaban J connectivity index is 1.42. The van der Waals surface area contributed by atoms with Gasteiger partial charge < -0.3 is 34.2 Å². The number of amides is 1. The zero-order chi connectivity index (χ0) is 46.5. The predicted molar refractivity (Wildman–Crippen MR) is 252 cm³/mol. The Morgan fingerprint density at radius 3 is 2.42 bits per heavy atom. The standard InChI is InChI=1S/C53H59N3O10/c1-3-27-55(50(60)26-21-37-19-22-41(23-20-37)56(61)62)49-34-47(54-64-36-38-13-6-5-7-14-38)45-32-40(16-8-10-28-57)44(18-9-11-29-58)51-46-33-43(65-42-17-12-15-39(31-42)35-59)24-25-48(46)66-53(49,52(45)51)63-30-4-2/h4-7,12-15,17,19-26,31-33,35,40,44,49,51-52,57-58H,2-3,8-11,16,18,27-30,34,36H2,1H3. The van der Waals surface area contributed by atoms with Gasteiger partial charge in [0.2, 0.25) is 11.7 Å². The molecule has 0 spiro atoms. The smallest absolute Gasteiger partial charge is 0.269 e. The average molecular weight is 898 g/mol. The number of non-ortho nitro benzene ring substituents is 1. The third-order valence-corrected chi connectivity index (χ3v) is 12.8. The lowest BCUT2D eigenvalue weighted by atomic mass is 9.55. The lowest BCUT2D eigenvalue weighted by molar-refractivity contribution is -0.384. The minimum Gasteiger partial charge on any atom is -0.459 e. The van der Waals surface area contributed by atoms with Crippen LogP contribution in [0.3, 0.4) is 0 Å². The summed E-state index contributed by atoms with van der Waals surface area (Å²) in [6.07, 6.45) is 13.1. The number of aldehydes is 1. The van der Waals surface area contributed by atoms with Gasteiger partial charge in [-0.2, -0.15) is 0 Å². The molecule has 1 heterocycles. The van der Waals surface area contributed by atoms with E-state index in [0.29, 0.717) is 59.9 Å². The van der Waals surface area contributed by atoms with E-state index in [-0.39, 0.29) is 62.2 Å². The highest BCUT2D eigenvalue weighted by molar-refractivity contribution is 6.03. The summed E-state index contributed by atoms with van der Waals surface area (Å²) in [5.41, 5.74) is 4.47. The number of allylic oxidation sites excluding steroid dienone is 1. The Hall–Kier alpha value is -6.41. The Bertz CT molecular complexity index is 2400. The van der Waals surface area contributed by atoms with Crippen LogP contribution in [0, 0.1) is 27.9 Å². The van der Waals surface area contributed by atoms with Gasteiger partial charge in [0, 0.05) is 61.4 Å². The summed E-state index contributed by atoms with van der Waals surface area (Å²) in [5.74, 6) is -0.929. The van der Waals surface area contributed by atoms with E-state index in [9.17, 15) is 29.9 Å². The number of fused-ring (bicyclic) bond motifs is 2. The van der Waals surface area contributed by atoms with Crippen LogP contribution in [0.5, 0.6) is 17.2 Å². The fourth-order valence-electron chi connectivity index (χ4n) is 9.89. The highest BCUT2D eigenvalue weighted by atomic mass is 16.7. The molecule has 4 aromatic rings. The van der Waals surface area contributed by atoms with Crippen LogP contribution in [0.1, 0.15) is 91.3 Å². The molecule has 0 bridgehead atoms. The number of unbranched alkanes of at least 4 members (excludes halogenated alkanes) is 2. The summed E-state index contributed by atoms with van der Waals surface area (Å²) in [7, 11) is 0. The van der Waals surface area contributed by atoms with Crippen molar-refractivity contribution in [2.45, 2.75) is 82.6 Å². The average Bonchev–Trinajstić information content (AvgIpc) is 3.33. The molecule has 0 radical (unpaired) electrons. The van der Waals surface area contributed by atoms with E-state index in [0.717, 1.165) is 48.7 Å². The first-order chi connectivity index (χ1) is 32.2. The lowest BCUT2D eigenvalue weighted by Crippen LogP contribution is -2.70. The molecule has 7 rings (SSSR count). The number of rotatable bonds is 23. The second kappa shape index (κ2) is 22.7.